The molecule has 0 aliphatic carbocycles. The van der Waals surface area contributed by atoms with Crippen LogP contribution in [0.2, 0.25) is 0 Å². The van der Waals surface area contributed by atoms with Gasteiger partial charge in [0.25, 0.3) is 5.91 Å². The average molecular weight is 467 g/mol. The van der Waals surface area contributed by atoms with Crippen molar-refractivity contribution in [2.45, 2.75) is 70.6 Å². The predicted molar refractivity (Wildman–Crippen MR) is 124 cm³/mol. The number of amides is 3. The summed E-state index contributed by atoms with van der Waals surface area (Å²) in [5, 5.41) is 28.6. The first-order valence-corrected chi connectivity index (χ1v) is 11.0. The summed E-state index contributed by atoms with van der Waals surface area (Å²) < 4.78 is 5.19. The van der Waals surface area contributed by atoms with Crippen LogP contribution in [-0.4, -0.2) is 77.6 Å². The van der Waals surface area contributed by atoms with Crippen molar-refractivity contribution in [1.82, 2.24) is 20.9 Å². The minimum atomic E-state index is -1.54. The number of hydrogen-bond acceptors (Lipinski definition) is 7. The van der Waals surface area contributed by atoms with Crippen LogP contribution in [0.3, 0.4) is 0 Å². The van der Waals surface area contributed by atoms with E-state index >= 15 is 0 Å². The summed E-state index contributed by atoms with van der Waals surface area (Å²) in [7, 11) is 3.21. The Balaban J connectivity index is 2.73. The molecule has 0 aliphatic rings. The molecule has 10 heteroatoms. The molecule has 0 saturated carbocycles. The van der Waals surface area contributed by atoms with Gasteiger partial charge in [0.05, 0.1) is 12.6 Å². The summed E-state index contributed by atoms with van der Waals surface area (Å²) in [6, 6.07) is 7.21. The van der Waals surface area contributed by atoms with Gasteiger partial charge < -0.3 is 30.5 Å². The SMILES string of the molecule is CCCC(NC(=O)OC(C)(C)C)C(O)C(=O)NCC(O)NC(C(=O)N(C)C)c1ccccc1. The standard InChI is InChI=1S/C23H38N4O6/c1-7-11-16(25-22(32)33-23(2,3)4)19(29)20(30)24-14-17(28)26-18(21(31)27(5)6)15-12-9-8-10-13-15/h8-10,12-13,16-19,26,28-29H,7,11,14H2,1-6H3,(H,24,30)(H,25,32). The zero-order chi connectivity index (χ0) is 25.2. The molecule has 186 valence electrons. The molecule has 1 rings (SSSR count). The second kappa shape index (κ2) is 13.1. The van der Waals surface area contributed by atoms with E-state index in [1.165, 1.54) is 4.90 Å². The first-order chi connectivity index (χ1) is 15.4. The molecule has 0 radical (unpaired) electrons. The average Bonchev–Trinajstić information content (AvgIpc) is 2.73. The number of nitrogens with one attached hydrogen (secondary N) is 3. The predicted octanol–water partition coefficient (Wildman–Crippen LogP) is 0.894. The maximum absolute atomic E-state index is 12.6. The molecule has 33 heavy (non-hydrogen) atoms. The highest BCUT2D eigenvalue weighted by atomic mass is 16.6. The van der Waals surface area contributed by atoms with Crippen LogP contribution in [0.15, 0.2) is 30.3 Å². The lowest BCUT2D eigenvalue weighted by molar-refractivity contribution is -0.132. The molecule has 0 aliphatic heterocycles. The van der Waals surface area contributed by atoms with Crippen LogP contribution in [0, 0.1) is 0 Å². The van der Waals surface area contributed by atoms with Gasteiger partial charge in [-0.15, -0.1) is 0 Å². The Bertz CT molecular complexity index is 766. The summed E-state index contributed by atoms with van der Waals surface area (Å²) in [5.74, 6) is -1.03. The monoisotopic (exact) mass is 466 g/mol. The molecule has 10 nitrogen and oxygen atoms in total. The Kier molecular flexibility index (Phi) is 11.3. The smallest absolute Gasteiger partial charge is 0.407 e. The van der Waals surface area contributed by atoms with Gasteiger partial charge in [0.2, 0.25) is 5.91 Å². The summed E-state index contributed by atoms with van der Waals surface area (Å²) in [6.07, 6.45) is -2.58. The van der Waals surface area contributed by atoms with Crippen molar-refractivity contribution in [2.24, 2.45) is 0 Å². The number of hydrogen-bond donors (Lipinski definition) is 5. The number of carbonyl (C=O) groups is 3. The van der Waals surface area contributed by atoms with Gasteiger partial charge in [-0.05, 0) is 32.8 Å². The van der Waals surface area contributed by atoms with Crippen molar-refractivity contribution in [1.29, 1.82) is 0 Å². The minimum Gasteiger partial charge on any atom is -0.444 e. The van der Waals surface area contributed by atoms with Crippen molar-refractivity contribution < 1.29 is 29.3 Å². The highest BCUT2D eigenvalue weighted by Gasteiger charge is 2.30. The Morgan fingerprint density at radius 1 is 1.09 bits per heavy atom. The third kappa shape index (κ3) is 10.2. The van der Waals surface area contributed by atoms with E-state index in [4.69, 9.17) is 4.74 Å². The molecule has 4 unspecified atom stereocenters. The van der Waals surface area contributed by atoms with Crippen LogP contribution < -0.4 is 16.0 Å². The van der Waals surface area contributed by atoms with Gasteiger partial charge in [0.1, 0.15) is 17.9 Å². The summed E-state index contributed by atoms with van der Waals surface area (Å²) in [5.41, 5.74) is -0.0606. The lowest BCUT2D eigenvalue weighted by atomic mass is 10.0. The molecule has 4 atom stereocenters. The molecule has 0 bridgehead atoms. The van der Waals surface area contributed by atoms with Crippen LogP contribution in [0.4, 0.5) is 4.79 Å². The lowest BCUT2D eigenvalue weighted by Crippen LogP contribution is -2.53. The van der Waals surface area contributed by atoms with E-state index < -0.39 is 42.0 Å². The van der Waals surface area contributed by atoms with E-state index in [0.29, 0.717) is 18.4 Å². The van der Waals surface area contributed by atoms with Gasteiger partial charge in [0.15, 0.2) is 6.10 Å². The van der Waals surface area contributed by atoms with Gasteiger partial charge in [-0.2, -0.15) is 0 Å². The number of likely N-dealkylation sites (N-methyl/N-ethyl adjacent to an activating group) is 1. The van der Waals surface area contributed by atoms with Gasteiger partial charge in [0, 0.05) is 14.1 Å². The Hall–Kier alpha value is -2.69. The van der Waals surface area contributed by atoms with Crippen molar-refractivity contribution in [2.75, 3.05) is 20.6 Å². The number of ether oxygens (including phenoxy) is 1. The first kappa shape index (κ1) is 28.3. The van der Waals surface area contributed by atoms with Crippen LogP contribution in [0.5, 0.6) is 0 Å². The van der Waals surface area contributed by atoms with Crippen molar-refractivity contribution in [3.05, 3.63) is 35.9 Å². The Morgan fingerprint density at radius 3 is 2.21 bits per heavy atom. The highest BCUT2D eigenvalue weighted by Crippen LogP contribution is 2.15. The van der Waals surface area contributed by atoms with E-state index in [-0.39, 0.29) is 12.5 Å². The van der Waals surface area contributed by atoms with Crippen molar-refractivity contribution in [3.63, 3.8) is 0 Å². The van der Waals surface area contributed by atoms with Gasteiger partial charge in [-0.1, -0.05) is 43.7 Å². The normalized spacial score (nSPS) is 15.0. The van der Waals surface area contributed by atoms with E-state index in [9.17, 15) is 24.6 Å². The Labute approximate surface area is 195 Å². The number of alkyl carbamates (subject to hydrolysis) is 1. The molecule has 0 spiro atoms. The highest BCUT2D eigenvalue weighted by molar-refractivity contribution is 5.83. The second-order valence-electron chi connectivity index (χ2n) is 8.99. The van der Waals surface area contributed by atoms with Crippen LogP contribution in [0.1, 0.15) is 52.1 Å². The molecular weight excluding hydrogens is 428 g/mol. The van der Waals surface area contributed by atoms with E-state index in [1.54, 1.807) is 59.1 Å². The summed E-state index contributed by atoms with van der Waals surface area (Å²) in [6.45, 7) is 6.73. The zero-order valence-electron chi connectivity index (χ0n) is 20.3. The van der Waals surface area contributed by atoms with E-state index in [1.807, 2.05) is 13.0 Å². The Morgan fingerprint density at radius 2 is 1.70 bits per heavy atom. The molecule has 0 saturated heterocycles. The van der Waals surface area contributed by atoms with Crippen LogP contribution >= 0.6 is 0 Å². The van der Waals surface area contributed by atoms with Crippen molar-refractivity contribution in [3.8, 4) is 0 Å². The van der Waals surface area contributed by atoms with Gasteiger partial charge in [-0.25, -0.2) is 4.79 Å². The molecule has 0 fully saturated rings. The number of aliphatic hydroxyl groups is 2. The summed E-state index contributed by atoms with van der Waals surface area (Å²) in [4.78, 5) is 38.5. The number of rotatable bonds is 11. The molecule has 1 aromatic carbocycles. The van der Waals surface area contributed by atoms with Crippen molar-refractivity contribution >= 4 is 17.9 Å². The van der Waals surface area contributed by atoms with Gasteiger partial charge in [-0.3, -0.25) is 14.9 Å². The second-order valence-corrected chi connectivity index (χ2v) is 8.99. The molecule has 5 N–H and O–H groups in total. The third-order valence-corrected chi connectivity index (χ3v) is 4.60. The fourth-order valence-corrected chi connectivity index (χ4v) is 3.03. The number of benzene rings is 1. The topological polar surface area (TPSA) is 140 Å². The minimum absolute atomic E-state index is 0.259. The molecule has 0 heterocycles. The fraction of sp³-hybridized carbons (Fsp3) is 0.609. The molecule has 0 aromatic heterocycles. The number of carbonyl (C=O) groups excluding carboxylic acids is 3. The maximum atomic E-state index is 12.6. The maximum Gasteiger partial charge on any atom is 0.407 e. The largest absolute Gasteiger partial charge is 0.444 e. The zero-order valence-corrected chi connectivity index (χ0v) is 20.3. The third-order valence-electron chi connectivity index (χ3n) is 4.60. The van der Waals surface area contributed by atoms with E-state index in [2.05, 4.69) is 16.0 Å². The lowest BCUT2D eigenvalue weighted by Gasteiger charge is -2.27. The van der Waals surface area contributed by atoms with E-state index in [0.717, 1.165) is 0 Å². The van der Waals surface area contributed by atoms with Gasteiger partial charge >= 0.3 is 6.09 Å². The molecular formula is C23H38N4O6. The number of nitrogens with zero attached hydrogens (tertiary/aromatic N) is 1. The molecule has 3 amide bonds. The van der Waals surface area contributed by atoms with Crippen LogP contribution in [-0.2, 0) is 14.3 Å². The first-order valence-electron chi connectivity index (χ1n) is 11.0. The summed E-state index contributed by atoms with van der Waals surface area (Å²) >= 11 is 0. The molecule has 1 aromatic rings. The number of aliphatic hydroxyl groups excluding tert-OH is 2. The fourth-order valence-electron chi connectivity index (χ4n) is 3.03. The quantitative estimate of drug-likeness (QED) is 0.305. The van der Waals surface area contributed by atoms with Crippen LogP contribution in [0.25, 0.3) is 0 Å².